The molecular weight excluding hydrogens is 601 g/mol. The zero-order valence-electron chi connectivity index (χ0n) is 29.5. The maximum absolute atomic E-state index is 5.89. The second kappa shape index (κ2) is 13.7. The summed E-state index contributed by atoms with van der Waals surface area (Å²) in [5.41, 5.74) is 15.5. The van der Waals surface area contributed by atoms with E-state index >= 15 is 0 Å². The lowest BCUT2D eigenvalue weighted by Gasteiger charge is -2.29. The second-order valence-electron chi connectivity index (χ2n) is 13.4. The summed E-state index contributed by atoms with van der Waals surface area (Å²) >= 11 is 0. The van der Waals surface area contributed by atoms with Gasteiger partial charge in [-0.2, -0.15) is 0 Å². The molecule has 0 amide bonds. The van der Waals surface area contributed by atoms with E-state index in [2.05, 4.69) is 191 Å². The van der Waals surface area contributed by atoms with Crippen LogP contribution >= 0.6 is 0 Å². The Bertz CT molecular complexity index is 1970. The Labute approximate surface area is 288 Å². The molecule has 4 heteroatoms. The topological polar surface area (TPSA) is 15.7 Å². The minimum atomic E-state index is -1.91. The SMILES string of the molecule is CO[Si](C)(C)c1ccc(N(c2ccc(C)cc2)c2ccc(-c3ccc(N(c4ccc(C)cc4)c4ccc(C)cc4)c(C)c3)cc2C)cc1. The summed E-state index contributed by atoms with van der Waals surface area (Å²) in [6, 6.07) is 48.9. The number of nitrogens with zero attached hydrogens (tertiary/aromatic N) is 2. The van der Waals surface area contributed by atoms with Crippen LogP contribution in [-0.2, 0) is 4.43 Å². The van der Waals surface area contributed by atoms with Gasteiger partial charge in [0.15, 0.2) is 0 Å². The van der Waals surface area contributed by atoms with E-state index in [-0.39, 0.29) is 0 Å². The number of benzene rings is 6. The molecule has 0 aliphatic carbocycles. The smallest absolute Gasteiger partial charge is 0.217 e. The molecule has 0 heterocycles. The summed E-state index contributed by atoms with van der Waals surface area (Å²) in [7, 11) is -0.0918. The minimum Gasteiger partial charge on any atom is -0.416 e. The third kappa shape index (κ3) is 6.87. The van der Waals surface area contributed by atoms with E-state index in [1.807, 2.05) is 7.11 Å². The molecule has 6 aromatic rings. The predicted octanol–water partition coefficient (Wildman–Crippen LogP) is 11.9. The third-order valence-corrected chi connectivity index (χ3v) is 12.2. The van der Waals surface area contributed by atoms with Crippen LogP contribution in [-0.4, -0.2) is 15.4 Å². The van der Waals surface area contributed by atoms with E-state index in [0.717, 1.165) is 28.4 Å². The molecule has 0 radical (unpaired) electrons. The highest BCUT2D eigenvalue weighted by molar-refractivity contribution is 6.84. The van der Waals surface area contributed by atoms with Crippen molar-refractivity contribution in [2.75, 3.05) is 16.9 Å². The number of anilines is 6. The summed E-state index contributed by atoms with van der Waals surface area (Å²) in [5, 5.41) is 1.28. The molecule has 0 spiro atoms. The van der Waals surface area contributed by atoms with E-state index in [0.29, 0.717) is 0 Å². The molecule has 0 unspecified atom stereocenters. The summed E-state index contributed by atoms with van der Waals surface area (Å²) in [4.78, 5) is 4.71. The number of hydrogen-bond acceptors (Lipinski definition) is 3. The van der Waals surface area contributed by atoms with E-state index in [1.54, 1.807) is 0 Å². The zero-order valence-corrected chi connectivity index (χ0v) is 30.5. The van der Waals surface area contributed by atoms with Gasteiger partial charge in [-0.25, -0.2) is 0 Å². The van der Waals surface area contributed by atoms with Crippen LogP contribution in [0.1, 0.15) is 27.8 Å². The molecule has 48 heavy (non-hydrogen) atoms. The number of aryl methyl sites for hydroxylation is 5. The van der Waals surface area contributed by atoms with Gasteiger partial charge in [0, 0.05) is 41.2 Å². The Morgan fingerprint density at radius 3 is 1.02 bits per heavy atom. The molecule has 0 atom stereocenters. The molecule has 0 saturated heterocycles. The zero-order chi connectivity index (χ0) is 34.0. The fourth-order valence-electron chi connectivity index (χ4n) is 6.24. The van der Waals surface area contributed by atoms with Gasteiger partial charge in [0.25, 0.3) is 0 Å². The van der Waals surface area contributed by atoms with Crippen LogP contribution in [0.3, 0.4) is 0 Å². The fourth-order valence-corrected chi connectivity index (χ4v) is 7.44. The number of hydrogen-bond donors (Lipinski definition) is 0. The van der Waals surface area contributed by atoms with E-state index < -0.39 is 8.32 Å². The lowest BCUT2D eigenvalue weighted by atomic mass is 9.98. The molecule has 0 aliphatic rings. The quantitative estimate of drug-likeness (QED) is 0.145. The molecule has 0 aliphatic heterocycles. The van der Waals surface area contributed by atoms with E-state index in [1.165, 1.54) is 49.8 Å². The van der Waals surface area contributed by atoms with Gasteiger partial charge in [0.05, 0.1) is 0 Å². The Morgan fingerprint density at radius 2 is 0.729 bits per heavy atom. The van der Waals surface area contributed by atoms with Crippen molar-refractivity contribution < 1.29 is 4.43 Å². The van der Waals surface area contributed by atoms with Crippen molar-refractivity contribution in [2.24, 2.45) is 0 Å². The molecule has 0 N–H and O–H groups in total. The average molecular weight is 647 g/mol. The van der Waals surface area contributed by atoms with Crippen LogP contribution in [0, 0.1) is 34.6 Å². The average Bonchev–Trinajstić information content (AvgIpc) is 3.09. The highest BCUT2D eigenvalue weighted by Gasteiger charge is 2.24. The van der Waals surface area contributed by atoms with Crippen LogP contribution in [0.2, 0.25) is 13.1 Å². The predicted molar refractivity (Wildman–Crippen MR) is 209 cm³/mol. The summed E-state index contributed by atoms with van der Waals surface area (Å²) in [6.07, 6.45) is 0. The van der Waals surface area contributed by atoms with Crippen LogP contribution in [0.5, 0.6) is 0 Å². The molecule has 0 saturated carbocycles. The molecule has 242 valence electrons. The summed E-state index contributed by atoms with van der Waals surface area (Å²) in [5.74, 6) is 0. The van der Waals surface area contributed by atoms with Crippen LogP contribution in [0.4, 0.5) is 34.1 Å². The number of rotatable bonds is 9. The van der Waals surface area contributed by atoms with Crippen molar-refractivity contribution in [1.29, 1.82) is 0 Å². The van der Waals surface area contributed by atoms with Gasteiger partial charge < -0.3 is 14.2 Å². The van der Waals surface area contributed by atoms with Crippen molar-refractivity contribution in [2.45, 2.75) is 47.7 Å². The van der Waals surface area contributed by atoms with Crippen molar-refractivity contribution >= 4 is 47.6 Å². The summed E-state index contributed by atoms with van der Waals surface area (Å²) < 4.78 is 5.89. The van der Waals surface area contributed by atoms with Gasteiger partial charge in [-0.15, -0.1) is 0 Å². The van der Waals surface area contributed by atoms with E-state index in [4.69, 9.17) is 4.43 Å². The van der Waals surface area contributed by atoms with Gasteiger partial charge in [-0.3, -0.25) is 0 Å². The first-order valence-corrected chi connectivity index (χ1v) is 19.6. The lowest BCUT2D eigenvalue weighted by molar-refractivity contribution is 0.416. The highest BCUT2D eigenvalue weighted by Crippen LogP contribution is 2.41. The maximum Gasteiger partial charge on any atom is 0.217 e. The van der Waals surface area contributed by atoms with Gasteiger partial charge in [-0.05, 0) is 148 Å². The first-order chi connectivity index (χ1) is 23.0. The fraction of sp³-hybridized carbons (Fsp3) is 0.182. The normalized spacial score (nSPS) is 11.4. The van der Waals surface area contributed by atoms with Crippen LogP contribution < -0.4 is 15.0 Å². The molecule has 0 bridgehead atoms. The highest BCUT2D eigenvalue weighted by atomic mass is 28.4. The lowest BCUT2D eigenvalue weighted by Crippen LogP contribution is -2.43. The Balaban J connectivity index is 1.37. The van der Waals surface area contributed by atoms with Crippen molar-refractivity contribution in [3.8, 4) is 11.1 Å². The van der Waals surface area contributed by atoms with Crippen molar-refractivity contribution in [1.82, 2.24) is 0 Å². The third-order valence-electron chi connectivity index (χ3n) is 9.42. The van der Waals surface area contributed by atoms with Crippen molar-refractivity contribution in [3.63, 3.8) is 0 Å². The summed E-state index contributed by atoms with van der Waals surface area (Å²) in [6.45, 7) is 15.3. The van der Waals surface area contributed by atoms with Gasteiger partial charge in [-0.1, -0.05) is 77.4 Å². The van der Waals surface area contributed by atoms with Crippen LogP contribution in [0.15, 0.2) is 133 Å². The molecule has 6 rings (SSSR count). The monoisotopic (exact) mass is 646 g/mol. The van der Waals surface area contributed by atoms with E-state index in [9.17, 15) is 0 Å². The first kappa shape index (κ1) is 33.0. The van der Waals surface area contributed by atoms with Crippen molar-refractivity contribution in [3.05, 3.63) is 161 Å². The molecular formula is C44H46N2OSi. The first-order valence-electron chi connectivity index (χ1n) is 16.7. The Hall–Kier alpha value is -4.90. The molecule has 3 nitrogen and oxygen atoms in total. The second-order valence-corrected chi connectivity index (χ2v) is 17.4. The van der Waals surface area contributed by atoms with Gasteiger partial charge >= 0.3 is 0 Å². The molecule has 0 aromatic heterocycles. The Morgan fingerprint density at radius 1 is 0.417 bits per heavy atom. The maximum atomic E-state index is 5.89. The standard InChI is InChI=1S/C44H46N2OSi/c1-31-9-17-38(18-10-31)45(39-19-11-32(2)12-20-39)43-27-15-36(29-34(43)4)37-16-28-44(35(5)30-37)46(40-21-13-33(3)14-22-40)41-23-25-42(26-24-41)48(7,8)47-6/h9-30H,1-8H3. The molecule has 0 fully saturated rings. The Kier molecular flexibility index (Phi) is 9.41. The van der Waals surface area contributed by atoms with Gasteiger partial charge in [0.1, 0.15) is 0 Å². The van der Waals surface area contributed by atoms with Crippen LogP contribution in [0.25, 0.3) is 11.1 Å². The van der Waals surface area contributed by atoms with Gasteiger partial charge in [0.2, 0.25) is 8.32 Å². The minimum absolute atomic E-state index is 1.13. The molecule has 6 aromatic carbocycles. The largest absolute Gasteiger partial charge is 0.416 e.